The van der Waals surface area contributed by atoms with E-state index in [0.717, 1.165) is 30.5 Å². The van der Waals surface area contributed by atoms with Crippen molar-refractivity contribution in [1.29, 1.82) is 0 Å². The first-order chi connectivity index (χ1) is 12.0. The Labute approximate surface area is 157 Å². The van der Waals surface area contributed by atoms with Gasteiger partial charge in [-0.25, -0.2) is 0 Å². The molecular formula is C18H21ClN4O3. The predicted octanol–water partition coefficient (Wildman–Crippen LogP) is 3.20. The van der Waals surface area contributed by atoms with Crippen molar-refractivity contribution in [3.05, 3.63) is 63.7 Å². The zero-order valence-electron chi connectivity index (χ0n) is 14.1. The highest BCUT2D eigenvalue weighted by atomic mass is 35.5. The Morgan fingerprint density at radius 1 is 1.27 bits per heavy atom. The summed E-state index contributed by atoms with van der Waals surface area (Å²) >= 11 is 0. The van der Waals surface area contributed by atoms with E-state index in [1.807, 2.05) is 18.2 Å². The molecule has 1 unspecified atom stereocenters. The van der Waals surface area contributed by atoms with Crippen molar-refractivity contribution >= 4 is 35.4 Å². The maximum atomic E-state index is 12.3. The van der Waals surface area contributed by atoms with Crippen LogP contribution in [-0.2, 0) is 11.2 Å². The number of nitrogens with one attached hydrogen (secondary N) is 2. The second-order valence-electron chi connectivity index (χ2n) is 6.10. The predicted molar refractivity (Wildman–Crippen MR) is 104 cm³/mol. The Kier molecular flexibility index (Phi) is 6.41. The average Bonchev–Trinajstić information content (AvgIpc) is 2.60. The highest BCUT2D eigenvalue weighted by Gasteiger charge is 2.22. The van der Waals surface area contributed by atoms with Gasteiger partial charge in [0.1, 0.15) is 5.69 Å². The number of aryl methyl sites for hydroxylation is 1. The van der Waals surface area contributed by atoms with Crippen molar-refractivity contribution in [2.45, 2.75) is 25.3 Å². The van der Waals surface area contributed by atoms with Gasteiger partial charge in [-0.1, -0.05) is 18.2 Å². The van der Waals surface area contributed by atoms with E-state index in [2.05, 4.69) is 10.6 Å². The Morgan fingerprint density at radius 3 is 2.81 bits per heavy atom. The number of nitrogens with zero attached hydrogens (tertiary/aromatic N) is 1. The zero-order valence-corrected chi connectivity index (χ0v) is 14.9. The van der Waals surface area contributed by atoms with Gasteiger partial charge < -0.3 is 16.4 Å². The van der Waals surface area contributed by atoms with E-state index in [-0.39, 0.29) is 36.6 Å². The van der Waals surface area contributed by atoms with Gasteiger partial charge >= 0.3 is 0 Å². The third kappa shape index (κ3) is 4.43. The Morgan fingerprint density at radius 2 is 2.04 bits per heavy atom. The summed E-state index contributed by atoms with van der Waals surface area (Å²) in [6.07, 6.45) is 2.81. The van der Waals surface area contributed by atoms with Gasteiger partial charge in [0.25, 0.3) is 5.69 Å². The van der Waals surface area contributed by atoms with Crippen LogP contribution in [0.15, 0.2) is 42.5 Å². The summed E-state index contributed by atoms with van der Waals surface area (Å²) in [5.74, 6) is -0.201. The molecule has 0 aromatic heterocycles. The number of hydrogen-bond donors (Lipinski definition) is 3. The highest BCUT2D eigenvalue weighted by Crippen LogP contribution is 2.31. The van der Waals surface area contributed by atoms with E-state index in [1.165, 1.54) is 11.6 Å². The second kappa shape index (κ2) is 8.53. The molecular weight excluding hydrogens is 356 g/mol. The standard InChI is InChI=1S/C18H20N4O3.ClH/c19-13-8-9-14-12(10-13)4-3-6-15(14)21-18(23)11-20-16-5-1-2-7-17(16)22(24)25;/h1-2,5,7-10,15,20H,3-4,6,11,19H2,(H,21,23);1H. The summed E-state index contributed by atoms with van der Waals surface area (Å²) in [5, 5.41) is 16.8. The summed E-state index contributed by atoms with van der Waals surface area (Å²) in [6, 6.07) is 12.0. The molecule has 1 aliphatic rings. The fourth-order valence-electron chi connectivity index (χ4n) is 3.19. The largest absolute Gasteiger partial charge is 0.399 e. The minimum atomic E-state index is -0.470. The SMILES string of the molecule is Cl.Nc1ccc2c(c1)CCCC2NC(=O)CNc1ccccc1[N+](=O)[O-]. The number of carbonyl (C=O) groups excluding carboxylic acids is 1. The maximum Gasteiger partial charge on any atom is 0.292 e. The molecule has 2 aromatic carbocycles. The summed E-state index contributed by atoms with van der Waals surface area (Å²) in [6.45, 7) is -0.0222. The smallest absolute Gasteiger partial charge is 0.292 e. The topological polar surface area (TPSA) is 110 Å². The lowest BCUT2D eigenvalue weighted by Crippen LogP contribution is -2.35. The summed E-state index contributed by atoms with van der Waals surface area (Å²) < 4.78 is 0. The number of hydrogen-bond acceptors (Lipinski definition) is 5. The summed E-state index contributed by atoms with van der Waals surface area (Å²) in [4.78, 5) is 22.8. The maximum absolute atomic E-state index is 12.3. The monoisotopic (exact) mass is 376 g/mol. The molecule has 7 nitrogen and oxygen atoms in total. The number of benzene rings is 2. The van der Waals surface area contributed by atoms with Crippen LogP contribution in [-0.4, -0.2) is 17.4 Å². The fraction of sp³-hybridized carbons (Fsp3) is 0.278. The van der Waals surface area contributed by atoms with E-state index in [9.17, 15) is 14.9 Å². The van der Waals surface area contributed by atoms with E-state index in [1.54, 1.807) is 18.2 Å². The number of anilines is 2. The third-order valence-electron chi connectivity index (χ3n) is 4.36. The van der Waals surface area contributed by atoms with Crippen molar-refractivity contribution in [3.8, 4) is 0 Å². The Balaban J connectivity index is 0.00000243. The molecule has 0 bridgehead atoms. The fourth-order valence-corrected chi connectivity index (χ4v) is 3.19. The number of nitro benzene ring substituents is 1. The molecule has 1 aliphatic carbocycles. The van der Waals surface area contributed by atoms with E-state index in [4.69, 9.17) is 5.73 Å². The van der Waals surface area contributed by atoms with Crippen LogP contribution in [0.1, 0.15) is 30.0 Å². The van der Waals surface area contributed by atoms with Gasteiger partial charge in [-0.05, 0) is 48.6 Å². The van der Waals surface area contributed by atoms with E-state index in [0.29, 0.717) is 5.69 Å². The lowest BCUT2D eigenvalue weighted by molar-refractivity contribution is -0.383. The van der Waals surface area contributed by atoms with E-state index < -0.39 is 4.92 Å². The Bertz CT molecular complexity index is 813. The first-order valence-corrected chi connectivity index (χ1v) is 8.19. The molecule has 4 N–H and O–H groups in total. The number of rotatable bonds is 5. The Hall–Kier alpha value is -2.80. The van der Waals surface area contributed by atoms with Crippen LogP contribution in [0.3, 0.4) is 0 Å². The van der Waals surface area contributed by atoms with Gasteiger partial charge in [-0.2, -0.15) is 0 Å². The number of nitro groups is 1. The number of halogens is 1. The number of carbonyl (C=O) groups is 1. The van der Waals surface area contributed by atoms with Gasteiger partial charge in [0, 0.05) is 11.8 Å². The molecule has 0 heterocycles. The first kappa shape index (κ1) is 19.5. The lowest BCUT2D eigenvalue weighted by atomic mass is 9.87. The molecule has 1 atom stereocenters. The van der Waals surface area contributed by atoms with Crippen molar-refractivity contribution in [2.75, 3.05) is 17.6 Å². The molecule has 8 heteroatoms. The number of nitrogen functional groups attached to an aromatic ring is 1. The number of fused-ring (bicyclic) bond motifs is 1. The molecule has 1 amide bonds. The normalized spacial score (nSPS) is 15.3. The van der Waals surface area contributed by atoms with Crippen molar-refractivity contribution < 1.29 is 9.72 Å². The van der Waals surface area contributed by atoms with Gasteiger partial charge in [0.05, 0.1) is 17.5 Å². The van der Waals surface area contributed by atoms with Crippen LogP contribution in [0, 0.1) is 10.1 Å². The molecule has 138 valence electrons. The van der Waals surface area contributed by atoms with Crippen molar-refractivity contribution in [1.82, 2.24) is 5.32 Å². The first-order valence-electron chi connectivity index (χ1n) is 8.19. The molecule has 3 rings (SSSR count). The van der Waals surface area contributed by atoms with Crippen LogP contribution in [0.2, 0.25) is 0 Å². The second-order valence-corrected chi connectivity index (χ2v) is 6.10. The molecule has 0 saturated heterocycles. The van der Waals surface area contributed by atoms with Crippen LogP contribution >= 0.6 is 12.4 Å². The minimum absolute atomic E-state index is 0. The van der Waals surface area contributed by atoms with Crippen molar-refractivity contribution in [3.63, 3.8) is 0 Å². The van der Waals surface area contributed by atoms with Crippen LogP contribution in [0.4, 0.5) is 17.1 Å². The number of para-hydroxylation sites is 2. The third-order valence-corrected chi connectivity index (χ3v) is 4.36. The average molecular weight is 377 g/mol. The van der Waals surface area contributed by atoms with Gasteiger partial charge in [0.15, 0.2) is 0 Å². The van der Waals surface area contributed by atoms with Gasteiger partial charge in [-0.3, -0.25) is 14.9 Å². The summed E-state index contributed by atoms with van der Waals surface area (Å²) in [5.41, 5.74) is 9.10. The van der Waals surface area contributed by atoms with Crippen molar-refractivity contribution in [2.24, 2.45) is 0 Å². The molecule has 0 saturated carbocycles. The molecule has 0 aliphatic heterocycles. The summed E-state index contributed by atoms with van der Waals surface area (Å²) in [7, 11) is 0. The molecule has 0 fully saturated rings. The quantitative estimate of drug-likeness (QED) is 0.421. The van der Waals surface area contributed by atoms with E-state index >= 15 is 0 Å². The van der Waals surface area contributed by atoms with Crippen LogP contribution in [0.25, 0.3) is 0 Å². The van der Waals surface area contributed by atoms with Gasteiger partial charge in [0.2, 0.25) is 5.91 Å². The highest BCUT2D eigenvalue weighted by molar-refractivity contribution is 5.85. The number of nitrogens with two attached hydrogens (primary N) is 1. The minimum Gasteiger partial charge on any atom is -0.399 e. The van der Waals surface area contributed by atoms with Crippen LogP contribution < -0.4 is 16.4 Å². The van der Waals surface area contributed by atoms with Gasteiger partial charge in [-0.15, -0.1) is 12.4 Å². The lowest BCUT2D eigenvalue weighted by Gasteiger charge is -2.26. The molecule has 26 heavy (non-hydrogen) atoms. The molecule has 0 spiro atoms. The van der Waals surface area contributed by atoms with Crippen LogP contribution in [0.5, 0.6) is 0 Å². The number of amides is 1. The molecule has 2 aromatic rings. The molecule has 0 radical (unpaired) electrons. The zero-order chi connectivity index (χ0) is 17.8.